The normalized spacial score (nSPS) is 18.0. The molecular weight excluding hydrogens is 240 g/mol. The molecule has 1 aromatic carbocycles. The summed E-state index contributed by atoms with van der Waals surface area (Å²) in [6.07, 6.45) is 5.28. The van der Waals surface area contributed by atoms with Crippen LogP contribution in [-0.4, -0.2) is 17.7 Å². The molecule has 0 amide bonds. The minimum absolute atomic E-state index is 0.288. The first kappa shape index (κ1) is 14.1. The van der Waals surface area contributed by atoms with Crippen LogP contribution in [0.2, 0.25) is 0 Å². The van der Waals surface area contributed by atoms with Crippen molar-refractivity contribution < 1.29 is 14.6 Å². The van der Waals surface area contributed by atoms with Crippen molar-refractivity contribution in [3.63, 3.8) is 0 Å². The van der Waals surface area contributed by atoms with Gasteiger partial charge in [-0.05, 0) is 36.8 Å². The summed E-state index contributed by atoms with van der Waals surface area (Å²) >= 11 is 0. The van der Waals surface area contributed by atoms with E-state index in [2.05, 4.69) is 0 Å². The zero-order chi connectivity index (χ0) is 13.7. The Kier molecular flexibility index (Phi) is 4.97. The van der Waals surface area contributed by atoms with Gasteiger partial charge in [-0.1, -0.05) is 43.5 Å². The Morgan fingerprint density at radius 1 is 1.26 bits per heavy atom. The second-order valence-corrected chi connectivity index (χ2v) is 5.16. The summed E-state index contributed by atoms with van der Waals surface area (Å²) in [4.78, 5) is 11.5. The molecule has 3 nitrogen and oxygen atoms in total. The van der Waals surface area contributed by atoms with Gasteiger partial charge in [-0.25, -0.2) is 4.79 Å². The van der Waals surface area contributed by atoms with Gasteiger partial charge in [-0.3, -0.25) is 0 Å². The maximum absolute atomic E-state index is 11.5. The van der Waals surface area contributed by atoms with Crippen LogP contribution in [0.15, 0.2) is 24.3 Å². The van der Waals surface area contributed by atoms with Crippen molar-refractivity contribution in [3.05, 3.63) is 35.4 Å². The maximum Gasteiger partial charge on any atom is 0.339 e. The minimum atomic E-state index is -1.17. The zero-order valence-electron chi connectivity index (χ0n) is 11.5. The third-order valence-corrected chi connectivity index (χ3v) is 3.84. The molecule has 1 aromatic rings. The van der Waals surface area contributed by atoms with E-state index in [0.717, 1.165) is 0 Å². The molecular formula is C16H22O3. The first-order chi connectivity index (χ1) is 9.22. The fraction of sp³-hybridized carbons (Fsp3) is 0.562. The standard InChI is InChI=1S/C16H22O3/c1-2-19-16(18)15(17)14-10-8-13(9-11-14)12-6-4-3-5-7-12/h8-12,15,17H,2-7H2,1H3/t15-/m1/s1. The van der Waals surface area contributed by atoms with Crippen molar-refractivity contribution >= 4 is 5.97 Å². The molecule has 0 radical (unpaired) electrons. The molecule has 1 aliphatic carbocycles. The number of aliphatic hydroxyl groups excluding tert-OH is 1. The lowest BCUT2D eigenvalue weighted by atomic mass is 9.84. The molecule has 0 aromatic heterocycles. The van der Waals surface area contributed by atoms with Gasteiger partial charge in [0.1, 0.15) is 0 Å². The van der Waals surface area contributed by atoms with Gasteiger partial charge in [0.2, 0.25) is 0 Å². The summed E-state index contributed by atoms with van der Waals surface area (Å²) < 4.78 is 4.82. The smallest absolute Gasteiger partial charge is 0.339 e. The highest BCUT2D eigenvalue weighted by Gasteiger charge is 2.20. The van der Waals surface area contributed by atoms with E-state index in [-0.39, 0.29) is 6.61 Å². The highest BCUT2D eigenvalue weighted by atomic mass is 16.5. The fourth-order valence-electron chi connectivity index (χ4n) is 2.74. The molecule has 0 heterocycles. The molecule has 2 rings (SSSR count). The number of carbonyl (C=O) groups excluding carboxylic acids is 1. The van der Waals surface area contributed by atoms with Gasteiger partial charge in [-0.15, -0.1) is 0 Å². The molecule has 0 unspecified atom stereocenters. The molecule has 1 atom stereocenters. The fourth-order valence-corrected chi connectivity index (χ4v) is 2.74. The maximum atomic E-state index is 11.5. The summed E-state index contributed by atoms with van der Waals surface area (Å²) in [7, 11) is 0. The van der Waals surface area contributed by atoms with Gasteiger partial charge >= 0.3 is 5.97 Å². The third-order valence-electron chi connectivity index (χ3n) is 3.84. The molecule has 1 fully saturated rings. The van der Waals surface area contributed by atoms with E-state index < -0.39 is 12.1 Å². The van der Waals surface area contributed by atoms with Gasteiger partial charge in [-0.2, -0.15) is 0 Å². The van der Waals surface area contributed by atoms with Crippen molar-refractivity contribution in [2.45, 2.75) is 51.0 Å². The summed E-state index contributed by atoms with van der Waals surface area (Å²) in [6, 6.07) is 7.75. The molecule has 0 saturated heterocycles. The van der Waals surface area contributed by atoms with Crippen molar-refractivity contribution in [1.29, 1.82) is 0 Å². The van der Waals surface area contributed by atoms with Crippen LogP contribution in [0.5, 0.6) is 0 Å². The van der Waals surface area contributed by atoms with Crippen LogP contribution in [0, 0.1) is 0 Å². The van der Waals surface area contributed by atoms with Gasteiger partial charge in [0.15, 0.2) is 6.10 Å². The summed E-state index contributed by atoms with van der Waals surface area (Å²) in [5.74, 6) is 0.0652. The lowest BCUT2D eigenvalue weighted by Gasteiger charge is -2.22. The van der Waals surface area contributed by atoms with Gasteiger partial charge in [0.05, 0.1) is 6.61 Å². The Morgan fingerprint density at radius 3 is 2.47 bits per heavy atom. The number of carbonyl (C=O) groups is 1. The Balaban J connectivity index is 2.03. The number of ether oxygens (including phenoxy) is 1. The Hall–Kier alpha value is -1.35. The van der Waals surface area contributed by atoms with Crippen molar-refractivity contribution in [1.82, 2.24) is 0 Å². The molecule has 1 saturated carbocycles. The number of benzene rings is 1. The van der Waals surface area contributed by atoms with E-state index in [9.17, 15) is 9.90 Å². The van der Waals surface area contributed by atoms with Crippen LogP contribution >= 0.6 is 0 Å². The van der Waals surface area contributed by atoms with Crippen LogP contribution in [0.25, 0.3) is 0 Å². The lowest BCUT2D eigenvalue weighted by Crippen LogP contribution is -2.15. The van der Waals surface area contributed by atoms with Crippen LogP contribution in [0.3, 0.4) is 0 Å². The van der Waals surface area contributed by atoms with Crippen LogP contribution in [0.1, 0.15) is 62.2 Å². The second kappa shape index (κ2) is 6.71. The van der Waals surface area contributed by atoms with Crippen molar-refractivity contribution in [2.24, 2.45) is 0 Å². The predicted molar refractivity (Wildman–Crippen MR) is 73.9 cm³/mol. The van der Waals surface area contributed by atoms with E-state index in [0.29, 0.717) is 11.5 Å². The first-order valence-corrected chi connectivity index (χ1v) is 7.17. The highest BCUT2D eigenvalue weighted by molar-refractivity contribution is 5.76. The topological polar surface area (TPSA) is 46.5 Å². The first-order valence-electron chi connectivity index (χ1n) is 7.17. The second-order valence-electron chi connectivity index (χ2n) is 5.16. The Labute approximate surface area is 114 Å². The lowest BCUT2D eigenvalue weighted by molar-refractivity contribution is -0.153. The molecule has 3 heteroatoms. The molecule has 0 spiro atoms. The molecule has 0 aliphatic heterocycles. The van der Waals surface area contributed by atoms with Crippen molar-refractivity contribution in [3.8, 4) is 0 Å². The highest BCUT2D eigenvalue weighted by Crippen LogP contribution is 2.33. The number of aliphatic hydroxyl groups is 1. The largest absolute Gasteiger partial charge is 0.464 e. The van der Waals surface area contributed by atoms with Gasteiger partial charge in [0, 0.05) is 0 Å². The van der Waals surface area contributed by atoms with Crippen LogP contribution in [0.4, 0.5) is 0 Å². The van der Waals surface area contributed by atoms with E-state index >= 15 is 0 Å². The summed E-state index contributed by atoms with van der Waals surface area (Å²) in [6.45, 7) is 2.02. The predicted octanol–water partition coefficient (Wildman–Crippen LogP) is 3.33. The molecule has 1 N–H and O–H groups in total. The Morgan fingerprint density at radius 2 is 1.89 bits per heavy atom. The SMILES string of the molecule is CCOC(=O)[C@H](O)c1ccc(C2CCCCC2)cc1. The number of esters is 1. The molecule has 104 valence electrons. The van der Waals surface area contributed by atoms with E-state index in [4.69, 9.17) is 4.74 Å². The quantitative estimate of drug-likeness (QED) is 0.847. The van der Waals surface area contributed by atoms with Crippen LogP contribution in [-0.2, 0) is 9.53 Å². The van der Waals surface area contributed by atoms with Gasteiger partial charge < -0.3 is 9.84 Å². The van der Waals surface area contributed by atoms with E-state index in [1.807, 2.05) is 24.3 Å². The van der Waals surface area contributed by atoms with E-state index in [1.54, 1.807) is 6.92 Å². The number of hydrogen-bond acceptors (Lipinski definition) is 3. The monoisotopic (exact) mass is 262 g/mol. The summed E-state index contributed by atoms with van der Waals surface area (Å²) in [5.41, 5.74) is 1.93. The number of rotatable bonds is 4. The van der Waals surface area contributed by atoms with Gasteiger partial charge in [0.25, 0.3) is 0 Å². The minimum Gasteiger partial charge on any atom is -0.464 e. The molecule has 19 heavy (non-hydrogen) atoms. The van der Waals surface area contributed by atoms with Crippen molar-refractivity contribution in [2.75, 3.05) is 6.61 Å². The third kappa shape index (κ3) is 3.57. The molecule has 1 aliphatic rings. The Bertz CT molecular complexity index is 405. The average molecular weight is 262 g/mol. The van der Waals surface area contributed by atoms with Crippen LogP contribution < -0.4 is 0 Å². The zero-order valence-corrected chi connectivity index (χ0v) is 11.5. The van der Waals surface area contributed by atoms with E-state index in [1.165, 1.54) is 37.7 Å². The summed E-state index contributed by atoms with van der Waals surface area (Å²) in [5, 5.41) is 9.85. The molecule has 0 bridgehead atoms. The number of hydrogen-bond donors (Lipinski definition) is 1. The average Bonchev–Trinajstić information content (AvgIpc) is 2.48.